The lowest BCUT2D eigenvalue weighted by atomic mass is 9.81. The van der Waals surface area contributed by atoms with E-state index in [2.05, 4.69) is 479 Å². The Morgan fingerprint density at radius 1 is 0.190 bits per heavy atom. The number of hydrogen-bond acceptors (Lipinski definition) is 3. The van der Waals surface area contributed by atoms with Gasteiger partial charge in [-0.2, -0.15) is 0 Å². The molecule has 0 atom stereocenters. The van der Waals surface area contributed by atoms with Gasteiger partial charge in [-0.05, 0) is 242 Å². The average molecular weight is 1820 g/mol. The summed E-state index contributed by atoms with van der Waals surface area (Å²) in [6, 6.07) is 166. The third kappa shape index (κ3) is 12.0. The SMILES string of the molecule is CC1(C)c2ccccc2-c2cc3c(cc21)c1cc2ccccc2cc1n3-c1ccc(-n2c3ccccc3c3ccccc32)cc1.CC1(C)c2ccccc2-c2ccc3c4c5ccccc5ccc4n(-c4ccc(-n5c6ccccc6c6ccccc65)cc4)c3c21.c1ccc(-n2c3ccccc3c3cc4oc5ccccc5c4cc32)cc1.c1ccc(-n2c3ccccc3c3cc4oc5ccccc5c4cc32)nc1. The van der Waals surface area contributed by atoms with E-state index in [9.17, 15) is 0 Å². The number of benzene rings is 21. The van der Waals surface area contributed by atoms with Gasteiger partial charge in [0.1, 0.15) is 28.1 Å². The third-order valence-electron chi connectivity index (χ3n) is 30.8. The van der Waals surface area contributed by atoms with Gasteiger partial charge in [0.15, 0.2) is 0 Å². The van der Waals surface area contributed by atoms with Crippen molar-refractivity contribution in [3.63, 3.8) is 0 Å². The number of rotatable bonds is 6. The molecule has 0 saturated carbocycles. The van der Waals surface area contributed by atoms with Crippen molar-refractivity contribution in [2.75, 3.05) is 0 Å². The lowest BCUT2D eigenvalue weighted by molar-refractivity contribution is 0.661. The zero-order valence-electron chi connectivity index (χ0n) is 78.4. The highest BCUT2D eigenvalue weighted by atomic mass is 16.3. The fourth-order valence-electron chi connectivity index (χ4n) is 24.4. The van der Waals surface area contributed by atoms with Crippen LogP contribution in [0, 0.1) is 0 Å². The molecule has 32 rings (SSSR count). The Morgan fingerprint density at radius 3 is 1.09 bits per heavy atom. The van der Waals surface area contributed by atoms with Crippen molar-refractivity contribution < 1.29 is 8.83 Å². The molecule has 2 aliphatic rings. The Kier molecular flexibility index (Phi) is 17.7. The molecule has 0 saturated heterocycles. The maximum Gasteiger partial charge on any atom is 0.137 e. The topological polar surface area (TPSA) is 68.8 Å². The third-order valence-corrected chi connectivity index (χ3v) is 30.8. The molecule has 9 nitrogen and oxygen atoms in total. The standard InChI is InChI=1S/2C43H30N2.C24H15NO.C23H14N2O/c1-43(2)36-16-8-5-13-31(36)34-24-25-35-40-30-12-4-3-11-27(30)19-26-39(40)45(42(35)41(34)43)29-22-20-28(21-23-29)44-37-17-9-6-14-32(37)33-15-7-10-18-38(33)44;1-43(2)37-16-8-5-13-31(37)34-26-42-36(25-38(34)43)35-23-27-11-3-4-12-28(27)24-41(35)45(42)30-21-19-29(20-22-30)44-39-17-9-6-14-32(39)33-15-7-10-18-40(33)44;1-2-8-16(9-3-1)25-21-12-6-4-10-17(21)19-15-24-20(14-22(19)25)18-11-5-7-13-23(18)26-24;1-3-9-19-15(7-1)17-14-22-18(16-8-2-4-10-21(16)26-22)13-20(17)25(19)23-11-5-6-12-24-23/h2*3-26H,1-2H3;1-15H;1-14H. The molecule has 9 heterocycles. The highest BCUT2D eigenvalue weighted by Crippen LogP contribution is 2.56. The molecule has 21 aromatic carbocycles. The zero-order chi connectivity index (χ0) is 93.9. The van der Waals surface area contributed by atoms with Gasteiger partial charge >= 0.3 is 0 Å². The van der Waals surface area contributed by atoms with Crippen molar-refractivity contribution >= 4 is 196 Å². The van der Waals surface area contributed by atoms with Crippen LogP contribution in [0.3, 0.4) is 0 Å². The summed E-state index contributed by atoms with van der Waals surface area (Å²) in [4.78, 5) is 4.59. The molecule has 0 spiro atoms. The molecular formula is C133H89N7O2. The van der Waals surface area contributed by atoms with Crippen molar-refractivity contribution in [1.29, 1.82) is 0 Å². The predicted octanol–water partition coefficient (Wildman–Crippen LogP) is 35.4. The Balaban J connectivity index is 0.0000000934. The van der Waals surface area contributed by atoms with E-state index in [1.807, 2.05) is 48.7 Å². The number of para-hydroxylation sites is 9. The maximum atomic E-state index is 6.12. The molecule has 0 radical (unpaired) electrons. The van der Waals surface area contributed by atoms with Gasteiger partial charge in [0.25, 0.3) is 0 Å². The fraction of sp³-hybridized carbons (Fsp3) is 0.0451. The van der Waals surface area contributed by atoms with Crippen LogP contribution in [0.4, 0.5) is 0 Å². The molecular weight excluding hydrogens is 1730 g/mol. The summed E-state index contributed by atoms with van der Waals surface area (Å²) >= 11 is 0. The van der Waals surface area contributed by atoms with Crippen LogP contribution in [0.1, 0.15) is 49.9 Å². The van der Waals surface area contributed by atoms with E-state index in [4.69, 9.17) is 8.83 Å². The number of hydrogen-bond donors (Lipinski definition) is 0. The van der Waals surface area contributed by atoms with E-state index in [1.54, 1.807) is 0 Å². The van der Waals surface area contributed by atoms with Crippen molar-refractivity contribution in [2.45, 2.75) is 38.5 Å². The van der Waals surface area contributed by atoms with Gasteiger partial charge in [-0.25, -0.2) is 4.98 Å². The number of furan rings is 2. The first-order chi connectivity index (χ1) is 70.0. The molecule has 9 aromatic heterocycles. The van der Waals surface area contributed by atoms with Crippen LogP contribution in [0.5, 0.6) is 0 Å². The second-order valence-electron chi connectivity index (χ2n) is 39.1. The Labute approximate surface area is 816 Å². The number of pyridine rings is 1. The van der Waals surface area contributed by atoms with Crippen LogP contribution in [0.2, 0.25) is 0 Å². The average Bonchev–Trinajstić information content (AvgIpc) is 1.53. The van der Waals surface area contributed by atoms with Gasteiger partial charge in [-0.1, -0.05) is 313 Å². The summed E-state index contributed by atoms with van der Waals surface area (Å²) in [5.41, 5.74) is 35.1. The maximum absolute atomic E-state index is 6.12. The van der Waals surface area contributed by atoms with E-state index in [0.717, 1.165) is 60.7 Å². The van der Waals surface area contributed by atoms with Crippen molar-refractivity contribution in [2.24, 2.45) is 0 Å². The van der Waals surface area contributed by atoms with Crippen molar-refractivity contribution in [1.82, 2.24) is 32.4 Å². The zero-order valence-corrected chi connectivity index (χ0v) is 78.4. The summed E-state index contributed by atoms with van der Waals surface area (Å²) in [6.07, 6.45) is 1.84. The molecule has 0 aliphatic heterocycles. The summed E-state index contributed by atoms with van der Waals surface area (Å²) in [6.45, 7) is 9.52. The van der Waals surface area contributed by atoms with Crippen molar-refractivity contribution in [3.05, 3.63) is 489 Å². The molecule has 0 bridgehead atoms. The molecule has 2 aliphatic carbocycles. The number of aromatic nitrogens is 7. The first kappa shape index (κ1) is 80.9. The lowest BCUT2D eigenvalue weighted by Crippen LogP contribution is -2.16. The van der Waals surface area contributed by atoms with Crippen LogP contribution in [-0.4, -0.2) is 32.4 Å². The van der Waals surface area contributed by atoms with Gasteiger partial charge in [-0.3, -0.25) is 4.57 Å². The second kappa shape index (κ2) is 31.1. The van der Waals surface area contributed by atoms with Crippen LogP contribution in [0.25, 0.3) is 253 Å². The van der Waals surface area contributed by atoms with Gasteiger partial charge in [0.05, 0.1) is 66.2 Å². The molecule has 0 N–H and O–H groups in total. The van der Waals surface area contributed by atoms with Gasteiger partial charge in [-0.15, -0.1) is 0 Å². The van der Waals surface area contributed by atoms with Crippen LogP contribution in [-0.2, 0) is 10.8 Å². The molecule has 30 aromatic rings. The number of nitrogens with zero attached hydrogens (tertiary/aromatic N) is 7. The lowest BCUT2D eigenvalue weighted by Gasteiger charge is -2.23. The summed E-state index contributed by atoms with van der Waals surface area (Å²) < 4.78 is 26.6. The van der Waals surface area contributed by atoms with Crippen LogP contribution >= 0.6 is 0 Å². The molecule has 9 heteroatoms. The Bertz CT molecular complexity index is 10200. The van der Waals surface area contributed by atoms with E-state index in [0.29, 0.717) is 0 Å². The van der Waals surface area contributed by atoms with E-state index >= 15 is 0 Å². The Hall–Kier alpha value is -18.3. The number of fused-ring (bicyclic) bond motifs is 34. The van der Waals surface area contributed by atoms with E-state index in [1.165, 1.54) is 214 Å². The summed E-state index contributed by atoms with van der Waals surface area (Å²) in [5, 5.41) is 24.9. The van der Waals surface area contributed by atoms with E-state index in [-0.39, 0.29) is 10.8 Å². The molecule has 0 fully saturated rings. The van der Waals surface area contributed by atoms with Gasteiger partial charge in [0.2, 0.25) is 0 Å². The summed E-state index contributed by atoms with van der Waals surface area (Å²) in [5.74, 6) is 0.922. The van der Waals surface area contributed by atoms with Crippen LogP contribution < -0.4 is 0 Å². The molecule has 142 heavy (non-hydrogen) atoms. The second-order valence-corrected chi connectivity index (χ2v) is 39.1. The quantitative estimate of drug-likeness (QED) is 0.167. The predicted molar refractivity (Wildman–Crippen MR) is 594 cm³/mol. The molecule has 0 amide bonds. The van der Waals surface area contributed by atoms with Gasteiger partial charge in [0, 0.05) is 132 Å². The molecule has 0 unspecified atom stereocenters. The summed E-state index contributed by atoms with van der Waals surface area (Å²) in [7, 11) is 0. The van der Waals surface area contributed by atoms with Crippen molar-refractivity contribution in [3.8, 4) is 56.5 Å². The fourth-order valence-corrected chi connectivity index (χ4v) is 24.4. The van der Waals surface area contributed by atoms with E-state index < -0.39 is 0 Å². The Morgan fingerprint density at radius 2 is 0.563 bits per heavy atom. The monoisotopic (exact) mass is 1820 g/mol. The largest absolute Gasteiger partial charge is 0.456 e. The van der Waals surface area contributed by atoms with Crippen LogP contribution in [0.15, 0.2) is 476 Å². The normalized spacial score (nSPS) is 13.0. The minimum atomic E-state index is -0.129. The molecule has 668 valence electrons. The minimum Gasteiger partial charge on any atom is -0.456 e. The first-order valence-corrected chi connectivity index (χ1v) is 49.0. The highest BCUT2D eigenvalue weighted by molar-refractivity contribution is 6.25. The smallest absolute Gasteiger partial charge is 0.137 e. The highest BCUT2D eigenvalue weighted by Gasteiger charge is 2.40. The van der Waals surface area contributed by atoms with Gasteiger partial charge < -0.3 is 31.7 Å². The minimum absolute atomic E-state index is 0.0463. The first-order valence-electron chi connectivity index (χ1n) is 49.0.